The van der Waals surface area contributed by atoms with Crippen LogP contribution >= 0.6 is 0 Å². The van der Waals surface area contributed by atoms with Crippen molar-refractivity contribution in [3.05, 3.63) is 24.3 Å². The molecule has 2 heterocycles. The molecule has 6 nitrogen and oxygen atoms in total. The average Bonchev–Trinajstić information content (AvgIpc) is 2.60. The van der Waals surface area contributed by atoms with E-state index in [9.17, 15) is 9.59 Å². The molecule has 6 heteroatoms. The third-order valence-corrected chi connectivity index (χ3v) is 2.55. The summed E-state index contributed by atoms with van der Waals surface area (Å²) in [6.07, 6.45) is 3.38. The predicted molar refractivity (Wildman–Crippen MR) is 57.9 cm³/mol. The summed E-state index contributed by atoms with van der Waals surface area (Å²) in [7, 11) is 0. The van der Waals surface area contributed by atoms with Crippen molar-refractivity contribution in [2.75, 3.05) is 6.54 Å². The van der Waals surface area contributed by atoms with Gasteiger partial charge in [-0.2, -0.15) is 0 Å². The minimum Gasteiger partial charge on any atom is -0.369 e. The second-order valence-corrected chi connectivity index (χ2v) is 3.71. The highest BCUT2D eigenvalue weighted by Gasteiger charge is 2.35. The molecule has 0 aromatic carbocycles. The Morgan fingerprint density at radius 1 is 1.69 bits per heavy atom. The fraction of sp³-hybridized carbons (Fsp3) is 0.300. The lowest BCUT2D eigenvalue weighted by Crippen LogP contribution is -2.34. The Morgan fingerprint density at radius 3 is 3.00 bits per heavy atom. The van der Waals surface area contributed by atoms with Crippen LogP contribution in [0.3, 0.4) is 0 Å². The zero-order chi connectivity index (χ0) is 11.7. The van der Waals surface area contributed by atoms with E-state index in [4.69, 9.17) is 5.73 Å². The number of rotatable bonds is 2. The van der Waals surface area contributed by atoms with Crippen LogP contribution in [0.25, 0.3) is 0 Å². The highest BCUT2D eigenvalue weighted by molar-refractivity contribution is 5.90. The number of likely N-dealkylation sites (tertiary alicyclic amines) is 1. The molecule has 0 spiro atoms. The van der Waals surface area contributed by atoms with Crippen molar-refractivity contribution in [3.63, 3.8) is 0 Å². The van der Waals surface area contributed by atoms with E-state index in [1.807, 2.05) is 0 Å². The molecular formula is C10H12N4O2. The van der Waals surface area contributed by atoms with Gasteiger partial charge in [0.15, 0.2) is 0 Å². The molecule has 0 aromatic rings. The lowest BCUT2D eigenvalue weighted by atomic mass is 10.1. The summed E-state index contributed by atoms with van der Waals surface area (Å²) in [6, 6.07) is 0. The number of carbonyl (C=O) groups excluding carboxylic acids is 2. The fourth-order valence-corrected chi connectivity index (χ4v) is 1.71. The fourth-order valence-electron chi connectivity index (χ4n) is 1.71. The maximum atomic E-state index is 11.7. The van der Waals surface area contributed by atoms with Crippen molar-refractivity contribution in [2.45, 2.75) is 6.42 Å². The summed E-state index contributed by atoms with van der Waals surface area (Å²) in [5.74, 6) is 0.0781. The summed E-state index contributed by atoms with van der Waals surface area (Å²) in [5.41, 5.74) is 5.18. The molecule has 1 fully saturated rings. The lowest BCUT2D eigenvalue weighted by Gasteiger charge is -2.22. The van der Waals surface area contributed by atoms with E-state index in [0.717, 1.165) is 0 Å². The van der Waals surface area contributed by atoms with E-state index in [1.54, 1.807) is 12.3 Å². The maximum Gasteiger partial charge on any atom is 0.228 e. The first-order valence-corrected chi connectivity index (χ1v) is 4.88. The van der Waals surface area contributed by atoms with Crippen LogP contribution in [0.15, 0.2) is 29.3 Å². The summed E-state index contributed by atoms with van der Waals surface area (Å²) >= 11 is 0. The molecule has 0 aliphatic carbocycles. The van der Waals surface area contributed by atoms with E-state index in [-0.39, 0.29) is 12.3 Å². The molecule has 84 valence electrons. The van der Waals surface area contributed by atoms with Crippen molar-refractivity contribution in [1.82, 2.24) is 10.2 Å². The molecule has 0 bridgehead atoms. The van der Waals surface area contributed by atoms with Crippen LogP contribution in [-0.2, 0) is 9.59 Å². The van der Waals surface area contributed by atoms with Gasteiger partial charge >= 0.3 is 0 Å². The molecular weight excluding hydrogens is 208 g/mol. The Hall–Kier alpha value is -2.11. The van der Waals surface area contributed by atoms with Gasteiger partial charge in [-0.1, -0.05) is 6.58 Å². The molecule has 1 atom stereocenters. The van der Waals surface area contributed by atoms with Gasteiger partial charge < -0.3 is 11.1 Å². The van der Waals surface area contributed by atoms with Gasteiger partial charge in [0.1, 0.15) is 11.6 Å². The number of aliphatic imine (C=N–C) groups is 1. The van der Waals surface area contributed by atoms with Gasteiger partial charge in [0.2, 0.25) is 11.8 Å². The van der Waals surface area contributed by atoms with E-state index < -0.39 is 11.8 Å². The number of primary amides is 1. The van der Waals surface area contributed by atoms with Crippen molar-refractivity contribution in [2.24, 2.45) is 16.6 Å². The normalized spacial score (nSPS) is 24.4. The Labute approximate surface area is 92.5 Å². The quantitative estimate of drug-likeness (QED) is 0.645. The smallest absolute Gasteiger partial charge is 0.228 e. The molecule has 1 saturated heterocycles. The number of hydrogen-bond donors (Lipinski definition) is 2. The van der Waals surface area contributed by atoms with Gasteiger partial charge in [0.25, 0.3) is 0 Å². The van der Waals surface area contributed by atoms with Crippen LogP contribution < -0.4 is 11.1 Å². The molecule has 2 aliphatic rings. The van der Waals surface area contributed by atoms with E-state index in [2.05, 4.69) is 16.9 Å². The van der Waals surface area contributed by atoms with Crippen LogP contribution in [0.4, 0.5) is 0 Å². The van der Waals surface area contributed by atoms with Gasteiger partial charge in [-0.15, -0.1) is 0 Å². The number of nitrogens with two attached hydrogens (primary N) is 1. The summed E-state index contributed by atoms with van der Waals surface area (Å²) < 4.78 is 0. The highest BCUT2D eigenvalue weighted by atomic mass is 16.2. The number of nitrogens with one attached hydrogen (secondary N) is 1. The van der Waals surface area contributed by atoms with E-state index in [0.29, 0.717) is 18.2 Å². The van der Waals surface area contributed by atoms with E-state index >= 15 is 0 Å². The predicted octanol–water partition coefficient (Wildman–Crippen LogP) is -0.693. The van der Waals surface area contributed by atoms with Gasteiger partial charge in [-0.3, -0.25) is 14.5 Å². The molecule has 2 rings (SSSR count). The average molecular weight is 220 g/mol. The van der Waals surface area contributed by atoms with Crippen LogP contribution in [-0.4, -0.2) is 29.5 Å². The number of allylic oxidation sites excluding steroid dienone is 1. The van der Waals surface area contributed by atoms with Crippen molar-refractivity contribution in [1.29, 1.82) is 0 Å². The molecule has 16 heavy (non-hydrogen) atoms. The zero-order valence-corrected chi connectivity index (χ0v) is 8.64. The Bertz CT molecular complexity index is 425. The summed E-state index contributed by atoms with van der Waals surface area (Å²) in [5, 5.41) is 2.87. The van der Waals surface area contributed by atoms with Crippen LogP contribution in [0.1, 0.15) is 6.42 Å². The molecule has 1 unspecified atom stereocenters. The van der Waals surface area contributed by atoms with Crippen molar-refractivity contribution < 1.29 is 9.59 Å². The monoisotopic (exact) mass is 220 g/mol. The van der Waals surface area contributed by atoms with Crippen molar-refractivity contribution >= 4 is 18.0 Å². The van der Waals surface area contributed by atoms with Crippen molar-refractivity contribution in [3.8, 4) is 0 Å². The first-order valence-electron chi connectivity index (χ1n) is 4.88. The van der Waals surface area contributed by atoms with Gasteiger partial charge in [0, 0.05) is 19.2 Å². The number of amides is 2. The largest absolute Gasteiger partial charge is 0.369 e. The number of hydrogen-bond acceptors (Lipinski definition) is 4. The van der Waals surface area contributed by atoms with Gasteiger partial charge in [-0.25, -0.2) is 4.99 Å². The number of nitrogens with zero attached hydrogens (tertiary/aromatic N) is 2. The summed E-state index contributed by atoms with van der Waals surface area (Å²) in [6.45, 7) is 3.95. The second kappa shape index (κ2) is 3.80. The Morgan fingerprint density at radius 2 is 2.44 bits per heavy atom. The van der Waals surface area contributed by atoms with Gasteiger partial charge in [-0.05, 0) is 6.08 Å². The van der Waals surface area contributed by atoms with E-state index in [1.165, 1.54) is 4.90 Å². The molecule has 2 aliphatic heterocycles. The van der Waals surface area contributed by atoms with Crippen LogP contribution in [0.2, 0.25) is 0 Å². The minimum absolute atomic E-state index is 0.120. The van der Waals surface area contributed by atoms with Gasteiger partial charge in [0.05, 0.1) is 5.92 Å². The zero-order valence-electron chi connectivity index (χ0n) is 8.64. The lowest BCUT2D eigenvalue weighted by molar-refractivity contribution is -0.127. The minimum atomic E-state index is -0.445. The standard InChI is InChI=1S/C10H12N4O2/c1-6-12-3-2-8(13-6)14-5-7(10(11)16)4-9(14)15/h2-3,7,13H,1,4-5H2,(H2,11,16). The first-order chi connectivity index (χ1) is 7.58. The first kappa shape index (κ1) is 10.4. The molecule has 3 N–H and O–H groups in total. The maximum absolute atomic E-state index is 11.7. The molecule has 0 saturated carbocycles. The molecule has 0 aromatic heterocycles. The topological polar surface area (TPSA) is 87.8 Å². The third kappa shape index (κ3) is 1.81. The van der Waals surface area contributed by atoms with Crippen LogP contribution in [0, 0.1) is 5.92 Å². The molecule has 2 amide bonds. The van der Waals surface area contributed by atoms with Crippen LogP contribution in [0.5, 0.6) is 0 Å². The highest BCUT2D eigenvalue weighted by Crippen LogP contribution is 2.21. The Kier molecular flexibility index (Phi) is 2.47. The molecule has 0 radical (unpaired) electrons. The summed E-state index contributed by atoms with van der Waals surface area (Å²) in [4.78, 5) is 28.0. The SMILES string of the molecule is C=C1N=CC=C(N2CC(C(N)=O)CC2=O)N1. The second-order valence-electron chi connectivity index (χ2n) is 3.71. The number of carbonyl (C=O) groups is 2. The third-order valence-electron chi connectivity index (χ3n) is 2.55. The Balaban J connectivity index is 2.14.